The number of fused-ring (bicyclic) bond motifs is 1. The first-order valence-electron chi connectivity index (χ1n) is 10.5. The largest absolute Gasteiger partial charge is 0.350 e. The zero-order chi connectivity index (χ0) is 20.5. The van der Waals surface area contributed by atoms with Crippen LogP contribution in [0.5, 0.6) is 0 Å². The third-order valence-electron chi connectivity index (χ3n) is 6.63. The molecule has 6 N–H and O–H groups in total. The van der Waals surface area contributed by atoms with E-state index >= 15 is 0 Å². The number of hydrogen-bond acceptors (Lipinski definition) is 9. The number of nitrogens with zero attached hydrogens (tertiary/aromatic N) is 4. The van der Waals surface area contributed by atoms with Crippen molar-refractivity contribution in [1.82, 2.24) is 36.2 Å². The number of nitriles is 1. The van der Waals surface area contributed by atoms with Crippen LogP contribution in [0.4, 0.5) is 4.39 Å². The van der Waals surface area contributed by atoms with E-state index in [1.54, 1.807) is 5.01 Å². The molecule has 0 aliphatic carbocycles. The molecule has 0 aromatic heterocycles. The van der Waals surface area contributed by atoms with Gasteiger partial charge in [-0.1, -0.05) is 0 Å². The second kappa shape index (κ2) is 8.77. The molecule has 4 aliphatic rings. The first-order chi connectivity index (χ1) is 14.0. The fourth-order valence-electron chi connectivity index (χ4n) is 5.06. The Labute approximate surface area is 170 Å². The summed E-state index contributed by atoms with van der Waals surface area (Å²) in [4.78, 5) is 17.8. The minimum absolute atomic E-state index is 0.0323. The highest BCUT2D eigenvalue weighted by Crippen LogP contribution is 2.24. The molecule has 1 amide bonds. The number of nitrogens with one attached hydrogen (secondary N) is 4. The van der Waals surface area contributed by atoms with Gasteiger partial charge in [-0.15, -0.1) is 0 Å². The standard InChI is InChI=1S/C18H32FN9O/c1-26-2-4-27(5-3-26)15-11(6-20)7-22-9-13(15)24-18(29)14-16(21)25-28-10-12(19)8-23-17(14)28/h11-17,22-23,25H,2-5,7-10,21H2,1H3,(H,24,29). The molecule has 7 unspecified atom stereocenters. The van der Waals surface area contributed by atoms with Crippen molar-refractivity contribution in [3.05, 3.63) is 0 Å². The zero-order valence-corrected chi connectivity index (χ0v) is 16.9. The average Bonchev–Trinajstić information content (AvgIpc) is 3.03. The second-order valence-corrected chi connectivity index (χ2v) is 8.62. The van der Waals surface area contributed by atoms with Crippen molar-refractivity contribution in [2.24, 2.45) is 17.6 Å². The van der Waals surface area contributed by atoms with Crippen molar-refractivity contribution >= 4 is 5.91 Å². The van der Waals surface area contributed by atoms with Crippen LogP contribution in [-0.2, 0) is 4.79 Å². The fraction of sp³-hybridized carbons (Fsp3) is 0.889. The number of carbonyl (C=O) groups is 1. The lowest BCUT2D eigenvalue weighted by molar-refractivity contribution is -0.128. The quantitative estimate of drug-likeness (QED) is 0.328. The Kier molecular flexibility index (Phi) is 6.31. The molecule has 29 heavy (non-hydrogen) atoms. The second-order valence-electron chi connectivity index (χ2n) is 8.62. The molecule has 4 saturated heterocycles. The smallest absolute Gasteiger partial charge is 0.229 e. The summed E-state index contributed by atoms with van der Waals surface area (Å²) in [5.74, 6) is -0.880. The summed E-state index contributed by atoms with van der Waals surface area (Å²) in [7, 11) is 2.10. The van der Waals surface area contributed by atoms with E-state index in [1.165, 1.54) is 0 Å². The fourth-order valence-corrected chi connectivity index (χ4v) is 5.06. The topological polar surface area (TPSA) is 125 Å². The lowest BCUT2D eigenvalue weighted by atomic mass is 9.88. The summed E-state index contributed by atoms with van der Waals surface area (Å²) < 4.78 is 13.7. The molecule has 0 aromatic rings. The molecule has 0 saturated carbocycles. The van der Waals surface area contributed by atoms with Crippen LogP contribution in [0, 0.1) is 23.2 Å². The highest BCUT2D eigenvalue weighted by Gasteiger charge is 2.48. The number of rotatable bonds is 3. The lowest BCUT2D eigenvalue weighted by Gasteiger charge is -2.46. The van der Waals surface area contributed by atoms with Crippen LogP contribution in [0.1, 0.15) is 0 Å². The number of hydrogen-bond donors (Lipinski definition) is 5. The number of carbonyl (C=O) groups excluding carboxylic acids is 1. The van der Waals surface area contributed by atoms with Gasteiger partial charge in [-0.05, 0) is 7.05 Å². The van der Waals surface area contributed by atoms with Gasteiger partial charge in [-0.2, -0.15) is 5.26 Å². The summed E-state index contributed by atoms with van der Waals surface area (Å²) >= 11 is 0. The van der Waals surface area contributed by atoms with Gasteiger partial charge in [0.1, 0.15) is 6.17 Å². The average molecular weight is 410 g/mol. The zero-order valence-electron chi connectivity index (χ0n) is 16.9. The highest BCUT2D eigenvalue weighted by atomic mass is 19.1. The van der Waals surface area contributed by atoms with Crippen molar-refractivity contribution < 1.29 is 9.18 Å². The molecule has 0 radical (unpaired) electrons. The normalized spacial score (nSPS) is 42.2. The molecule has 4 rings (SSSR count). The maximum atomic E-state index is 13.7. The van der Waals surface area contributed by atoms with E-state index in [0.29, 0.717) is 13.1 Å². The summed E-state index contributed by atoms with van der Waals surface area (Å²) in [6, 6.07) is 2.22. The molecule has 0 spiro atoms. The van der Waals surface area contributed by atoms with E-state index in [9.17, 15) is 14.4 Å². The maximum absolute atomic E-state index is 13.7. The van der Waals surface area contributed by atoms with Crippen molar-refractivity contribution in [2.45, 2.75) is 30.6 Å². The SMILES string of the molecule is CN1CCN(C2C(C#N)CNCC2NC(=O)C2C(N)NN3CC(F)CNC23)CC1. The van der Waals surface area contributed by atoms with Gasteiger partial charge in [0, 0.05) is 58.4 Å². The Morgan fingerprint density at radius 2 is 2.00 bits per heavy atom. The van der Waals surface area contributed by atoms with Crippen LogP contribution in [0.3, 0.4) is 0 Å². The molecular weight excluding hydrogens is 377 g/mol. The van der Waals surface area contributed by atoms with Crippen LogP contribution in [0.15, 0.2) is 0 Å². The van der Waals surface area contributed by atoms with Crippen molar-refractivity contribution in [1.29, 1.82) is 5.26 Å². The maximum Gasteiger partial charge on any atom is 0.229 e. The predicted octanol–water partition coefficient (Wildman–Crippen LogP) is -3.18. The minimum Gasteiger partial charge on any atom is -0.350 e. The first-order valence-corrected chi connectivity index (χ1v) is 10.5. The molecule has 4 heterocycles. The van der Waals surface area contributed by atoms with E-state index in [0.717, 1.165) is 26.2 Å². The van der Waals surface area contributed by atoms with Gasteiger partial charge >= 0.3 is 0 Å². The lowest BCUT2D eigenvalue weighted by Crippen LogP contribution is -2.67. The van der Waals surface area contributed by atoms with Crippen LogP contribution in [0.25, 0.3) is 0 Å². The third-order valence-corrected chi connectivity index (χ3v) is 6.63. The van der Waals surface area contributed by atoms with Crippen LogP contribution >= 0.6 is 0 Å². The first kappa shape index (κ1) is 20.9. The van der Waals surface area contributed by atoms with Crippen molar-refractivity contribution in [3.63, 3.8) is 0 Å². The van der Waals surface area contributed by atoms with Gasteiger partial charge in [0.25, 0.3) is 0 Å². The van der Waals surface area contributed by atoms with Gasteiger partial charge in [0.15, 0.2) is 0 Å². The molecule has 162 valence electrons. The monoisotopic (exact) mass is 409 g/mol. The molecule has 0 aromatic carbocycles. The Hall–Kier alpha value is -1.39. The molecule has 10 nitrogen and oxygen atoms in total. The van der Waals surface area contributed by atoms with Crippen LogP contribution in [0.2, 0.25) is 0 Å². The van der Waals surface area contributed by atoms with E-state index in [2.05, 4.69) is 44.3 Å². The van der Waals surface area contributed by atoms with E-state index in [4.69, 9.17) is 5.73 Å². The molecule has 0 bridgehead atoms. The van der Waals surface area contributed by atoms with E-state index < -0.39 is 18.3 Å². The van der Waals surface area contributed by atoms with Crippen molar-refractivity contribution in [3.8, 4) is 6.07 Å². The number of likely N-dealkylation sites (N-methyl/N-ethyl adjacent to an activating group) is 1. The summed E-state index contributed by atoms with van der Waals surface area (Å²) in [5, 5.41) is 20.9. The number of halogens is 1. The Morgan fingerprint density at radius 3 is 2.72 bits per heavy atom. The number of alkyl halides is 1. The van der Waals surface area contributed by atoms with Gasteiger partial charge in [-0.25, -0.2) is 14.8 Å². The predicted molar refractivity (Wildman–Crippen MR) is 105 cm³/mol. The third kappa shape index (κ3) is 4.25. The molecule has 4 fully saturated rings. The summed E-state index contributed by atoms with van der Waals surface area (Å²) in [5.41, 5.74) is 9.19. The minimum atomic E-state index is -0.992. The Bertz CT molecular complexity index is 637. The van der Waals surface area contributed by atoms with Crippen molar-refractivity contribution in [2.75, 3.05) is 59.4 Å². The highest BCUT2D eigenvalue weighted by molar-refractivity contribution is 5.81. The number of amides is 1. The molecule has 7 atom stereocenters. The summed E-state index contributed by atoms with van der Waals surface area (Å²) in [6.07, 6.45) is -1.90. The Balaban J connectivity index is 1.46. The Morgan fingerprint density at radius 1 is 1.24 bits per heavy atom. The van der Waals surface area contributed by atoms with E-state index in [-0.39, 0.29) is 43.2 Å². The number of piperidine rings is 1. The van der Waals surface area contributed by atoms with Gasteiger partial charge in [-0.3, -0.25) is 15.0 Å². The van der Waals surface area contributed by atoms with E-state index in [1.807, 2.05) is 0 Å². The molecule has 11 heteroatoms. The number of piperazine rings is 1. The molecular formula is C18H32FN9O. The number of hydrazine groups is 1. The van der Waals surface area contributed by atoms with Crippen LogP contribution in [-0.4, -0.2) is 111 Å². The number of nitrogens with two attached hydrogens (primary N) is 1. The van der Waals surface area contributed by atoms with Gasteiger partial charge in [0.2, 0.25) is 5.91 Å². The van der Waals surface area contributed by atoms with Gasteiger partial charge in [0.05, 0.1) is 36.3 Å². The van der Waals surface area contributed by atoms with Crippen LogP contribution < -0.4 is 27.1 Å². The molecule has 4 aliphatic heterocycles. The summed E-state index contributed by atoms with van der Waals surface area (Å²) in [6.45, 7) is 5.32. The van der Waals surface area contributed by atoms with Gasteiger partial charge < -0.3 is 21.3 Å².